The van der Waals surface area contributed by atoms with Crippen molar-refractivity contribution < 1.29 is 9.84 Å². The Bertz CT molecular complexity index is 366. The third-order valence-electron chi connectivity index (χ3n) is 2.96. The van der Waals surface area contributed by atoms with Gasteiger partial charge in [0.25, 0.3) is 0 Å². The summed E-state index contributed by atoms with van der Waals surface area (Å²) in [5, 5.41) is 14.4. The molecule has 0 aliphatic rings. The van der Waals surface area contributed by atoms with Gasteiger partial charge >= 0.3 is 0 Å². The molecule has 1 aromatic heterocycles. The molecule has 0 amide bonds. The Balaban J connectivity index is 2.48. The van der Waals surface area contributed by atoms with Crippen molar-refractivity contribution in [3.05, 3.63) is 15.9 Å². The summed E-state index contributed by atoms with van der Waals surface area (Å²) in [5.41, 5.74) is 2.12. The first-order chi connectivity index (χ1) is 8.60. The number of rotatable bonds is 8. The quantitative estimate of drug-likeness (QED) is 0.749. The summed E-state index contributed by atoms with van der Waals surface area (Å²) in [5.74, 6) is 0. The van der Waals surface area contributed by atoms with E-state index in [2.05, 4.69) is 28.0 Å². The summed E-state index contributed by atoms with van der Waals surface area (Å²) in [7, 11) is 1.92. The van der Waals surface area contributed by atoms with E-state index in [-0.39, 0.29) is 6.10 Å². The van der Waals surface area contributed by atoms with E-state index in [0.717, 1.165) is 48.3 Å². The zero-order valence-corrected chi connectivity index (χ0v) is 13.0. The SMILES string of the molecule is CCOCCCC(O)Cc1c(Br)c(CC)nn1C. The van der Waals surface area contributed by atoms with Gasteiger partial charge in [-0.05, 0) is 42.1 Å². The Morgan fingerprint density at radius 1 is 1.44 bits per heavy atom. The third-order valence-corrected chi connectivity index (χ3v) is 3.88. The summed E-state index contributed by atoms with van der Waals surface area (Å²) < 4.78 is 8.16. The molecule has 0 aliphatic carbocycles. The van der Waals surface area contributed by atoms with Gasteiger partial charge in [0, 0.05) is 26.7 Å². The number of aromatic nitrogens is 2. The number of aryl methyl sites for hydroxylation is 2. The first kappa shape index (κ1) is 15.7. The molecule has 1 atom stereocenters. The van der Waals surface area contributed by atoms with E-state index < -0.39 is 0 Å². The monoisotopic (exact) mass is 318 g/mol. The summed E-state index contributed by atoms with van der Waals surface area (Å²) in [6, 6.07) is 0. The summed E-state index contributed by atoms with van der Waals surface area (Å²) in [6.07, 6.45) is 2.86. The molecule has 0 radical (unpaired) electrons. The molecule has 0 fully saturated rings. The van der Waals surface area contributed by atoms with Crippen LogP contribution >= 0.6 is 15.9 Å². The van der Waals surface area contributed by atoms with Crippen LogP contribution in [0.25, 0.3) is 0 Å². The van der Waals surface area contributed by atoms with E-state index >= 15 is 0 Å². The normalized spacial score (nSPS) is 12.9. The van der Waals surface area contributed by atoms with Crippen molar-refractivity contribution in [2.45, 2.75) is 45.6 Å². The molecular formula is C13H23BrN2O2. The second-order valence-electron chi connectivity index (χ2n) is 4.38. The zero-order chi connectivity index (χ0) is 13.5. The van der Waals surface area contributed by atoms with E-state index in [1.54, 1.807) is 0 Å². The number of nitrogens with zero attached hydrogens (tertiary/aromatic N) is 2. The van der Waals surface area contributed by atoms with Crippen LogP contribution in [0.4, 0.5) is 0 Å². The molecule has 1 aromatic rings. The molecule has 18 heavy (non-hydrogen) atoms. The maximum atomic E-state index is 10.0. The molecule has 0 aromatic carbocycles. The van der Waals surface area contributed by atoms with Crippen LogP contribution in [0.15, 0.2) is 4.47 Å². The van der Waals surface area contributed by atoms with Gasteiger partial charge in [-0.3, -0.25) is 4.68 Å². The molecule has 0 aliphatic heterocycles. The molecule has 1 N–H and O–H groups in total. The minimum atomic E-state index is -0.332. The fourth-order valence-electron chi connectivity index (χ4n) is 1.93. The van der Waals surface area contributed by atoms with Crippen molar-refractivity contribution in [1.82, 2.24) is 9.78 Å². The molecule has 0 spiro atoms. The Kier molecular flexibility index (Phi) is 6.89. The molecule has 5 heteroatoms. The second kappa shape index (κ2) is 7.92. The molecule has 0 bridgehead atoms. The Morgan fingerprint density at radius 3 is 2.72 bits per heavy atom. The van der Waals surface area contributed by atoms with Crippen molar-refractivity contribution in [3.8, 4) is 0 Å². The standard InChI is InChI=1S/C13H23BrN2O2/c1-4-11-13(14)12(16(3)15-11)9-10(17)7-6-8-18-5-2/h10,17H,4-9H2,1-3H3. The maximum Gasteiger partial charge on any atom is 0.0766 e. The highest BCUT2D eigenvalue weighted by Crippen LogP contribution is 2.23. The van der Waals surface area contributed by atoms with E-state index in [9.17, 15) is 5.11 Å². The summed E-state index contributed by atoms with van der Waals surface area (Å²) in [6.45, 7) is 5.52. The third kappa shape index (κ3) is 4.37. The van der Waals surface area contributed by atoms with Crippen molar-refractivity contribution in [2.24, 2.45) is 7.05 Å². The highest BCUT2D eigenvalue weighted by molar-refractivity contribution is 9.10. The lowest BCUT2D eigenvalue weighted by molar-refractivity contribution is 0.113. The van der Waals surface area contributed by atoms with Crippen LogP contribution in [-0.2, 0) is 24.6 Å². The fraction of sp³-hybridized carbons (Fsp3) is 0.769. The summed E-state index contributed by atoms with van der Waals surface area (Å²) in [4.78, 5) is 0. The highest BCUT2D eigenvalue weighted by atomic mass is 79.9. The van der Waals surface area contributed by atoms with Gasteiger partial charge in [-0.25, -0.2) is 0 Å². The van der Waals surface area contributed by atoms with Gasteiger partial charge in [0.05, 0.1) is 22.0 Å². The van der Waals surface area contributed by atoms with E-state index in [1.807, 2.05) is 18.7 Å². The molecule has 0 saturated carbocycles. The molecule has 1 heterocycles. The van der Waals surface area contributed by atoms with Gasteiger partial charge in [0.15, 0.2) is 0 Å². The summed E-state index contributed by atoms with van der Waals surface area (Å²) >= 11 is 3.56. The molecule has 0 saturated heterocycles. The van der Waals surface area contributed by atoms with Gasteiger partial charge in [0.1, 0.15) is 0 Å². The van der Waals surface area contributed by atoms with Crippen LogP contribution in [0.1, 0.15) is 38.1 Å². The van der Waals surface area contributed by atoms with E-state index in [1.165, 1.54) is 0 Å². The van der Waals surface area contributed by atoms with Crippen LogP contribution in [0.2, 0.25) is 0 Å². The van der Waals surface area contributed by atoms with Crippen LogP contribution in [0, 0.1) is 0 Å². The Labute approximate surface area is 117 Å². The largest absolute Gasteiger partial charge is 0.393 e. The van der Waals surface area contributed by atoms with Gasteiger partial charge in [-0.1, -0.05) is 6.92 Å². The van der Waals surface area contributed by atoms with Gasteiger partial charge in [0.2, 0.25) is 0 Å². The van der Waals surface area contributed by atoms with Crippen LogP contribution < -0.4 is 0 Å². The lowest BCUT2D eigenvalue weighted by Gasteiger charge is -2.11. The Morgan fingerprint density at radius 2 is 2.17 bits per heavy atom. The van der Waals surface area contributed by atoms with E-state index in [4.69, 9.17) is 4.74 Å². The predicted molar refractivity (Wildman–Crippen MR) is 75.7 cm³/mol. The predicted octanol–water partition coefficient (Wildman–Crippen LogP) is 2.47. The van der Waals surface area contributed by atoms with Gasteiger partial charge in [-0.15, -0.1) is 0 Å². The maximum absolute atomic E-state index is 10.0. The highest BCUT2D eigenvalue weighted by Gasteiger charge is 2.15. The zero-order valence-electron chi connectivity index (χ0n) is 11.4. The number of aliphatic hydroxyl groups excluding tert-OH is 1. The van der Waals surface area contributed by atoms with Gasteiger partial charge in [-0.2, -0.15) is 5.10 Å². The molecule has 1 unspecified atom stereocenters. The lowest BCUT2D eigenvalue weighted by atomic mass is 10.1. The average molecular weight is 319 g/mol. The fourth-order valence-corrected chi connectivity index (χ4v) is 2.71. The van der Waals surface area contributed by atoms with Crippen LogP contribution in [0.5, 0.6) is 0 Å². The van der Waals surface area contributed by atoms with Crippen molar-refractivity contribution in [3.63, 3.8) is 0 Å². The van der Waals surface area contributed by atoms with Crippen molar-refractivity contribution >= 4 is 15.9 Å². The smallest absolute Gasteiger partial charge is 0.0766 e. The molecule has 104 valence electrons. The van der Waals surface area contributed by atoms with Crippen LogP contribution in [0.3, 0.4) is 0 Å². The van der Waals surface area contributed by atoms with Crippen molar-refractivity contribution in [1.29, 1.82) is 0 Å². The van der Waals surface area contributed by atoms with Gasteiger partial charge < -0.3 is 9.84 Å². The average Bonchev–Trinajstić information content (AvgIpc) is 2.62. The first-order valence-electron chi connectivity index (χ1n) is 6.56. The second-order valence-corrected chi connectivity index (χ2v) is 5.17. The van der Waals surface area contributed by atoms with Crippen molar-refractivity contribution in [2.75, 3.05) is 13.2 Å². The lowest BCUT2D eigenvalue weighted by Crippen LogP contribution is -2.14. The number of halogens is 1. The van der Waals surface area contributed by atoms with E-state index in [0.29, 0.717) is 6.42 Å². The Hall–Kier alpha value is -0.390. The number of aliphatic hydroxyl groups is 1. The molecular weight excluding hydrogens is 296 g/mol. The molecule has 4 nitrogen and oxygen atoms in total. The minimum Gasteiger partial charge on any atom is -0.393 e. The number of ether oxygens (including phenoxy) is 1. The number of hydrogen-bond acceptors (Lipinski definition) is 3. The molecule has 1 rings (SSSR count). The first-order valence-corrected chi connectivity index (χ1v) is 7.35. The topological polar surface area (TPSA) is 47.3 Å². The minimum absolute atomic E-state index is 0.332. The van der Waals surface area contributed by atoms with Crippen LogP contribution in [-0.4, -0.2) is 34.2 Å². The number of hydrogen-bond donors (Lipinski definition) is 1.